The van der Waals surface area contributed by atoms with Gasteiger partial charge in [0.05, 0.1) is 11.0 Å². The van der Waals surface area contributed by atoms with E-state index in [1.54, 1.807) is 0 Å². The molecule has 0 unspecified atom stereocenters. The van der Waals surface area contributed by atoms with Crippen LogP contribution < -0.4 is 0 Å². The number of aromatic nitrogens is 2. The van der Waals surface area contributed by atoms with E-state index >= 15 is 0 Å². The Morgan fingerprint density at radius 2 is 1.70 bits per heavy atom. The van der Waals surface area contributed by atoms with Gasteiger partial charge in [0, 0.05) is 31.5 Å². The fourth-order valence-corrected chi connectivity index (χ4v) is 6.59. The Morgan fingerprint density at radius 3 is 2.36 bits per heavy atom. The van der Waals surface area contributed by atoms with Crippen molar-refractivity contribution in [2.75, 3.05) is 6.54 Å². The van der Waals surface area contributed by atoms with Crippen molar-refractivity contribution in [3.05, 3.63) is 29.6 Å². The van der Waals surface area contributed by atoms with E-state index in [9.17, 15) is 4.79 Å². The summed E-state index contributed by atoms with van der Waals surface area (Å²) in [5, 5.41) is 0. The molecule has 1 aromatic carbocycles. The number of imidazole rings is 1. The molecule has 2 aromatic rings. The standard InChI is InChI=1S/C29H43N3O/c1-3-21-10-12-23(13-11-21)29-30-26-20-24(22-14-15-22)16-17-27(26)32(29)19-18-28(33)31(4-2)25-8-6-5-7-9-25/h16-17,20-23,25H,3-15,18-19H2,1-2H3. The average molecular weight is 450 g/mol. The van der Waals surface area contributed by atoms with Crippen LogP contribution in [0, 0.1) is 5.92 Å². The van der Waals surface area contributed by atoms with Crippen LogP contribution in [-0.2, 0) is 11.3 Å². The molecule has 5 rings (SSSR count). The minimum absolute atomic E-state index is 0.335. The van der Waals surface area contributed by atoms with Gasteiger partial charge in [0.15, 0.2) is 0 Å². The van der Waals surface area contributed by atoms with E-state index in [1.807, 2.05) is 0 Å². The summed E-state index contributed by atoms with van der Waals surface area (Å²) in [6.45, 7) is 6.09. The topological polar surface area (TPSA) is 38.1 Å². The normalized spacial score (nSPS) is 24.3. The first-order chi connectivity index (χ1) is 16.2. The molecular formula is C29H43N3O. The molecule has 33 heavy (non-hydrogen) atoms. The van der Waals surface area contributed by atoms with Crippen LogP contribution >= 0.6 is 0 Å². The van der Waals surface area contributed by atoms with E-state index in [-0.39, 0.29) is 0 Å². The number of benzene rings is 1. The number of hydrogen-bond donors (Lipinski definition) is 0. The maximum atomic E-state index is 13.3. The second-order valence-corrected chi connectivity index (χ2v) is 11.0. The Hall–Kier alpha value is -1.84. The first-order valence-electron chi connectivity index (χ1n) is 14.0. The molecule has 3 aliphatic carbocycles. The van der Waals surface area contributed by atoms with E-state index < -0.39 is 0 Å². The van der Waals surface area contributed by atoms with Crippen molar-refractivity contribution in [1.82, 2.24) is 14.5 Å². The van der Waals surface area contributed by atoms with Crippen LogP contribution in [0.4, 0.5) is 0 Å². The second-order valence-electron chi connectivity index (χ2n) is 11.0. The highest BCUT2D eigenvalue weighted by Crippen LogP contribution is 2.42. The molecule has 0 bridgehead atoms. The Morgan fingerprint density at radius 1 is 0.970 bits per heavy atom. The lowest BCUT2D eigenvalue weighted by atomic mass is 9.80. The molecule has 3 fully saturated rings. The second kappa shape index (κ2) is 10.2. The molecule has 0 atom stereocenters. The predicted molar refractivity (Wildman–Crippen MR) is 136 cm³/mol. The van der Waals surface area contributed by atoms with Crippen LogP contribution in [0.15, 0.2) is 18.2 Å². The number of amides is 1. The predicted octanol–water partition coefficient (Wildman–Crippen LogP) is 7.17. The zero-order valence-corrected chi connectivity index (χ0v) is 20.9. The van der Waals surface area contributed by atoms with E-state index in [2.05, 4.69) is 41.5 Å². The monoisotopic (exact) mass is 449 g/mol. The Labute approximate surface area is 200 Å². The molecule has 0 radical (unpaired) electrons. The smallest absolute Gasteiger partial charge is 0.224 e. The van der Waals surface area contributed by atoms with Crippen molar-refractivity contribution >= 4 is 16.9 Å². The molecule has 1 aromatic heterocycles. The van der Waals surface area contributed by atoms with Crippen LogP contribution in [0.2, 0.25) is 0 Å². The molecule has 3 saturated carbocycles. The molecular weight excluding hydrogens is 406 g/mol. The quantitative estimate of drug-likeness (QED) is 0.428. The lowest BCUT2D eigenvalue weighted by Gasteiger charge is -2.34. The number of fused-ring (bicyclic) bond motifs is 1. The Bertz CT molecular complexity index is 945. The van der Waals surface area contributed by atoms with Crippen LogP contribution in [0.3, 0.4) is 0 Å². The lowest BCUT2D eigenvalue weighted by molar-refractivity contribution is -0.134. The van der Waals surface area contributed by atoms with Gasteiger partial charge in [-0.25, -0.2) is 4.98 Å². The zero-order valence-electron chi connectivity index (χ0n) is 20.9. The van der Waals surface area contributed by atoms with Crippen molar-refractivity contribution < 1.29 is 4.79 Å². The molecule has 0 spiro atoms. The minimum Gasteiger partial charge on any atom is -0.340 e. The number of carbonyl (C=O) groups is 1. The molecule has 1 heterocycles. The van der Waals surface area contributed by atoms with Gasteiger partial charge in [0.2, 0.25) is 5.91 Å². The molecule has 0 saturated heterocycles. The van der Waals surface area contributed by atoms with Crippen LogP contribution in [0.1, 0.15) is 121 Å². The number of aryl methyl sites for hydroxylation is 1. The maximum Gasteiger partial charge on any atom is 0.224 e. The molecule has 0 aliphatic heterocycles. The summed E-state index contributed by atoms with van der Waals surface area (Å²) in [5.74, 6) is 3.76. The summed E-state index contributed by atoms with van der Waals surface area (Å²) in [6.07, 6.45) is 15.9. The summed E-state index contributed by atoms with van der Waals surface area (Å²) >= 11 is 0. The van der Waals surface area contributed by atoms with Gasteiger partial charge >= 0.3 is 0 Å². The molecule has 180 valence electrons. The van der Waals surface area contributed by atoms with Crippen molar-refractivity contribution in [1.29, 1.82) is 0 Å². The number of nitrogens with zero attached hydrogens (tertiary/aromatic N) is 3. The van der Waals surface area contributed by atoms with Gasteiger partial charge in [-0.1, -0.05) is 38.7 Å². The number of rotatable bonds is 8. The third-order valence-corrected chi connectivity index (χ3v) is 8.87. The van der Waals surface area contributed by atoms with Gasteiger partial charge in [-0.05, 0) is 87.8 Å². The van der Waals surface area contributed by atoms with E-state index in [1.165, 1.54) is 94.0 Å². The highest BCUT2D eigenvalue weighted by atomic mass is 16.2. The van der Waals surface area contributed by atoms with Gasteiger partial charge < -0.3 is 9.47 Å². The van der Waals surface area contributed by atoms with E-state index in [0.29, 0.717) is 24.3 Å². The average Bonchev–Trinajstić information content (AvgIpc) is 3.65. The molecule has 1 amide bonds. The highest BCUT2D eigenvalue weighted by molar-refractivity contribution is 5.79. The van der Waals surface area contributed by atoms with Gasteiger partial charge in [-0.2, -0.15) is 0 Å². The van der Waals surface area contributed by atoms with E-state index in [0.717, 1.165) is 30.4 Å². The van der Waals surface area contributed by atoms with Gasteiger partial charge in [-0.15, -0.1) is 0 Å². The summed E-state index contributed by atoms with van der Waals surface area (Å²) in [4.78, 5) is 20.7. The van der Waals surface area contributed by atoms with E-state index in [4.69, 9.17) is 4.98 Å². The highest BCUT2D eigenvalue weighted by Gasteiger charge is 2.29. The third kappa shape index (κ3) is 5.00. The Balaban J connectivity index is 1.37. The van der Waals surface area contributed by atoms with Gasteiger partial charge in [-0.3, -0.25) is 4.79 Å². The molecule has 4 nitrogen and oxygen atoms in total. The first-order valence-corrected chi connectivity index (χ1v) is 14.0. The van der Waals surface area contributed by atoms with Crippen molar-refractivity contribution in [3.8, 4) is 0 Å². The van der Waals surface area contributed by atoms with Crippen molar-refractivity contribution in [3.63, 3.8) is 0 Å². The molecule has 4 heteroatoms. The third-order valence-electron chi connectivity index (χ3n) is 8.87. The van der Waals surface area contributed by atoms with Crippen LogP contribution in [-0.4, -0.2) is 32.9 Å². The summed E-state index contributed by atoms with van der Waals surface area (Å²) in [7, 11) is 0. The van der Waals surface area contributed by atoms with Crippen LogP contribution in [0.25, 0.3) is 11.0 Å². The fourth-order valence-electron chi connectivity index (χ4n) is 6.59. The maximum absolute atomic E-state index is 13.3. The van der Waals surface area contributed by atoms with Gasteiger partial charge in [0.1, 0.15) is 5.82 Å². The van der Waals surface area contributed by atoms with Crippen molar-refractivity contribution in [2.24, 2.45) is 5.92 Å². The number of carbonyl (C=O) groups excluding carboxylic acids is 1. The minimum atomic E-state index is 0.335. The van der Waals surface area contributed by atoms with Crippen molar-refractivity contribution in [2.45, 2.75) is 122 Å². The SMILES string of the molecule is CCC1CCC(c2nc3cc(C4CC4)ccc3n2CCC(=O)N(CC)C2CCCCC2)CC1. The first kappa shape index (κ1) is 22.9. The molecule has 0 N–H and O–H groups in total. The summed E-state index contributed by atoms with van der Waals surface area (Å²) in [5.41, 5.74) is 3.85. The van der Waals surface area contributed by atoms with Crippen LogP contribution in [0.5, 0.6) is 0 Å². The summed E-state index contributed by atoms with van der Waals surface area (Å²) in [6, 6.07) is 7.41. The number of hydrogen-bond acceptors (Lipinski definition) is 2. The lowest BCUT2D eigenvalue weighted by Crippen LogP contribution is -2.41. The fraction of sp³-hybridized carbons (Fsp3) is 0.724. The summed E-state index contributed by atoms with van der Waals surface area (Å²) < 4.78 is 2.43. The van der Waals surface area contributed by atoms with Gasteiger partial charge in [0.25, 0.3) is 0 Å². The molecule has 3 aliphatic rings. The Kier molecular flexibility index (Phi) is 7.08. The largest absolute Gasteiger partial charge is 0.340 e. The zero-order chi connectivity index (χ0) is 22.8.